The van der Waals surface area contributed by atoms with Gasteiger partial charge in [0.25, 0.3) is 5.91 Å². The summed E-state index contributed by atoms with van der Waals surface area (Å²) in [5.74, 6) is -0.515. The van der Waals surface area contributed by atoms with Crippen LogP contribution >= 0.6 is 0 Å². The lowest BCUT2D eigenvalue weighted by Gasteiger charge is -2.16. The first kappa shape index (κ1) is 22.4. The van der Waals surface area contributed by atoms with Crippen molar-refractivity contribution in [3.8, 4) is 0 Å². The Balaban J connectivity index is 2.02. The molecule has 0 spiro atoms. The summed E-state index contributed by atoms with van der Waals surface area (Å²) in [5, 5.41) is 8.32. The van der Waals surface area contributed by atoms with Crippen LogP contribution in [0.1, 0.15) is 31.1 Å². The quantitative estimate of drug-likeness (QED) is 0.524. The van der Waals surface area contributed by atoms with Gasteiger partial charge >= 0.3 is 0 Å². The fourth-order valence-corrected chi connectivity index (χ4v) is 3.81. The summed E-state index contributed by atoms with van der Waals surface area (Å²) in [6.45, 7) is 5.17. The highest BCUT2D eigenvalue weighted by Crippen LogP contribution is 2.16. The molecule has 4 N–H and O–H groups in total. The number of hydrogen-bond donors (Lipinski definition) is 4. The molecule has 2 aromatic carbocycles. The van der Waals surface area contributed by atoms with Crippen molar-refractivity contribution in [2.24, 2.45) is 0 Å². The third-order valence-electron chi connectivity index (χ3n) is 3.95. The molecule has 0 aliphatic carbocycles. The minimum absolute atomic E-state index is 0.126. The maximum absolute atomic E-state index is 12.4. The molecule has 2 rings (SSSR count). The molecule has 0 saturated heterocycles. The third-order valence-corrected chi connectivity index (χ3v) is 5.63. The number of benzene rings is 2. The Morgan fingerprint density at radius 1 is 0.931 bits per heavy atom. The van der Waals surface area contributed by atoms with Crippen LogP contribution in [0.25, 0.3) is 0 Å². The summed E-state index contributed by atoms with van der Waals surface area (Å²) in [6, 6.07) is 12.0. The van der Waals surface area contributed by atoms with Crippen molar-refractivity contribution in [2.45, 2.75) is 37.8 Å². The molecule has 0 aromatic heterocycles. The second kappa shape index (κ2) is 9.53. The largest absolute Gasteiger partial charge is 0.374 e. The zero-order valence-electron chi connectivity index (χ0n) is 16.8. The van der Waals surface area contributed by atoms with Crippen molar-refractivity contribution in [1.82, 2.24) is 10.0 Å². The molecule has 29 heavy (non-hydrogen) atoms. The molecule has 0 radical (unpaired) electrons. The number of carbonyl (C=O) groups is 2. The average molecular weight is 419 g/mol. The Kier molecular flexibility index (Phi) is 7.35. The summed E-state index contributed by atoms with van der Waals surface area (Å²) in [7, 11) is -2.03. The summed E-state index contributed by atoms with van der Waals surface area (Å²) < 4.78 is 26.8. The van der Waals surface area contributed by atoms with E-state index in [1.807, 2.05) is 0 Å². The summed E-state index contributed by atoms with van der Waals surface area (Å²) in [6.07, 6.45) is 0. The summed E-state index contributed by atoms with van der Waals surface area (Å²) in [4.78, 5) is 24.3. The van der Waals surface area contributed by atoms with Crippen molar-refractivity contribution >= 4 is 33.2 Å². The first-order valence-corrected chi connectivity index (χ1v) is 10.6. The Labute approximate surface area is 171 Å². The monoisotopic (exact) mass is 418 g/mol. The molecule has 0 aliphatic rings. The molecule has 156 valence electrons. The number of rotatable bonds is 8. The van der Waals surface area contributed by atoms with Crippen LogP contribution in [0.4, 0.5) is 11.4 Å². The minimum atomic E-state index is -3.58. The molecule has 0 saturated carbocycles. The van der Waals surface area contributed by atoms with Crippen molar-refractivity contribution < 1.29 is 18.0 Å². The predicted octanol–water partition coefficient (Wildman–Crippen LogP) is 2.17. The van der Waals surface area contributed by atoms with Crippen LogP contribution in [0, 0.1) is 0 Å². The van der Waals surface area contributed by atoms with Crippen LogP contribution < -0.4 is 20.7 Å². The first-order chi connectivity index (χ1) is 13.6. The zero-order valence-corrected chi connectivity index (χ0v) is 17.6. The molecule has 9 heteroatoms. The fraction of sp³-hybridized carbons (Fsp3) is 0.300. The predicted molar refractivity (Wildman–Crippen MR) is 113 cm³/mol. The van der Waals surface area contributed by atoms with E-state index in [0.717, 1.165) is 0 Å². The second-order valence-electron chi connectivity index (χ2n) is 6.82. The van der Waals surface area contributed by atoms with E-state index in [-0.39, 0.29) is 22.8 Å². The van der Waals surface area contributed by atoms with Crippen LogP contribution in [-0.2, 0) is 14.8 Å². The maximum atomic E-state index is 12.4. The molecule has 0 heterocycles. The number of sulfonamides is 1. The van der Waals surface area contributed by atoms with E-state index in [0.29, 0.717) is 16.9 Å². The number of hydrogen-bond acceptors (Lipinski definition) is 5. The van der Waals surface area contributed by atoms with Crippen LogP contribution in [-0.4, -0.2) is 39.4 Å². The number of anilines is 2. The van der Waals surface area contributed by atoms with E-state index in [2.05, 4.69) is 20.7 Å². The van der Waals surface area contributed by atoms with Gasteiger partial charge in [0.05, 0.1) is 4.90 Å². The highest BCUT2D eigenvalue weighted by molar-refractivity contribution is 7.89. The molecular weight excluding hydrogens is 392 g/mol. The first-order valence-electron chi connectivity index (χ1n) is 9.14. The van der Waals surface area contributed by atoms with E-state index in [4.69, 9.17) is 0 Å². The lowest BCUT2D eigenvalue weighted by molar-refractivity contribution is -0.116. The molecule has 8 nitrogen and oxygen atoms in total. The Morgan fingerprint density at radius 3 is 2.17 bits per heavy atom. The maximum Gasteiger partial charge on any atom is 0.251 e. The lowest BCUT2D eigenvalue weighted by Crippen LogP contribution is -2.32. The van der Waals surface area contributed by atoms with E-state index >= 15 is 0 Å². The van der Waals surface area contributed by atoms with Gasteiger partial charge in [-0.3, -0.25) is 9.59 Å². The van der Waals surface area contributed by atoms with E-state index < -0.39 is 16.1 Å². The molecule has 0 fully saturated rings. The van der Waals surface area contributed by atoms with Crippen LogP contribution in [0.2, 0.25) is 0 Å². The average Bonchev–Trinajstić information content (AvgIpc) is 2.67. The number of amides is 2. The molecule has 2 aromatic rings. The second-order valence-corrected chi connectivity index (χ2v) is 8.53. The van der Waals surface area contributed by atoms with Gasteiger partial charge in [0.1, 0.15) is 6.04 Å². The minimum Gasteiger partial charge on any atom is -0.374 e. The number of carbonyl (C=O) groups excluding carboxylic acids is 2. The van der Waals surface area contributed by atoms with Gasteiger partial charge < -0.3 is 16.0 Å². The van der Waals surface area contributed by atoms with E-state index in [1.54, 1.807) is 52.1 Å². The lowest BCUT2D eigenvalue weighted by atomic mass is 10.1. The van der Waals surface area contributed by atoms with Gasteiger partial charge in [-0.1, -0.05) is 6.07 Å². The fourth-order valence-electron chi connectivity index (χ4n) is 2.56. The SMILES string of the molecule is CNC(=O)c1cccc(N[C@H](C)C(=O)Nc2ccc(S(=O)(=O)NC(C)C)cc2)c1. The normalized spacial score (nSPS) is 12.3. The van der Waals surface area contributed by atoms with E-state index in [1.165, 1.54) is 24.3 Å². The van der Waals surface area contributed by atoms with Gasteiger partial charge in [-0.05, 0) is 63.2 Å². The van der Waals surface area contributed by atoms with Gasteiger partial charge in [-0.25, -0.2) is 13.1 Å². The van der Waals surface area contributed by atoms with Gasteiger partial charge in [0.15, 0.2) is 0 Å². The molecule has 0 bridgehead atoms. The Morgan fingerprint density at radius 2 is 1.59 bits per heavy atom. The van der Waals surface area contributed by atoms with Gasteiger partial charge in [-0.15, -0.1) is 0 Å². The van der Waals surface area contributed by atoms with Crippen molar-refractivity contribution in [2.75, 3.05) is 17.7 Å². The van der Waals surface area contributed by atoms with Gasteiger partial charge in [0.2, 0.25) is 15.9 Å². The molecular formula is C20H26N4O4S. The molecule has 0 aliphatic heterocycles. The van der Waals surface area contributed by atoms with E-state index in [9.17, 15) is 18.0 Å². The highest BCUT2D eigenvalue weighted by Gasteiger charge is 2.17. The molecule has 2 amide bonds. The Hall–Kier alpha value is -2.91. The third kappa shape index (κ3) is 6.30. The van der Waals surface area contributed by atoms with Gasteiger partial charge in [-0.2, -0.15) is 0 Å². The smallest absolute Gasteiger partial charge is 0.251 e. The van der Waals surface area contributed by atoms with Crippen molar-refractivity contribution in [1.29, 1.82) is 0 Å². The zero-order chi connectivity index (χ0) is 21.6. The highest BCUT2D eigenvalue weighted by atomic mass is 32.2. The van der Waals surface area contributed by atoms with Crippen molar-refractivity contribution in [3.63, 3.8) is 0 Å². The molecule has 1 atom stereocenters. The Bertz CT molecular complexity index is 972. The van der Waals surface area contributed by atoms with Gasteiger partial charge in [0, 0.05) is 30.0 Å². The van der Waals surface area contributed by atoms with Crippen LogP contribution in [0.15, 0.2) is 53.4 Å². The summed E-state index contributed by atoms with van der Waals surface area (Å²) in [5.41, 5.74) is 1.60. The van der Waals surface area contributed by atoms with Crippen LogP contribution in [0.5, 0.6) is 0 Å². The molecule has 0 unspecified atom stereocenters. The standard InChI is InChI=1S/C20H26N4O4S/c1-13(2)24-29(27,28)18-10-8-16(9-11-18)23-19(25)14(3)22-17-7-5-6-15(12-17)20(26)21-4/h5-14,22,24H,1-4H3,(H,21,26)(H,23,25)/t14-/m1/s1. The van der Waals surface area contributed by atoms with Crippen LogP contribution in [0.3, 0.4) is 0 Å². The number of nitrogens with one attached hydrogen (secondary N) is 4. The summed E-state index contributed by atoms with van der Waals surface area (Å²) >= 11 is 0. The van der Waals surface area contributed by atoms with Crippen molar-refractivity contribution in [3.05, 3.63) is 54.1 Å². The topological polar surface area (TPSA) is 116 Å².